The highest BCUT2D eigenvalue weighted by Gasteiger charge is 2.29. The zero-order valence-electron chi connectivity index (χ0n) is 15.9. The van der Waals surface area contributed by atoms with Gasteiger partial charge in [0.15, 0.2) is 5.78 Å². The maximum atomic E-state index is 12.7. The Kier molecular flexibility index (Phi) is 5.28. The molecule has 0 saturated carbocycles. The van der Waals surface area contributed by atoms with Crippen LogP contribution in [0.4, 0.5) is 0 Å². The lowest BCUT2D eigenvalue weighted by Crippen LogP contribution is -2.38. The summed E-state index contributed by atoms with van der Waals surface area (Å²) in [7, 11) is 0. The molecule has 1 aliphatic rings. The molecule has 1 aromatic heterocycles. The molecule has 138 valence electrons. The minimum absolute atomic E-state index is 0.0148. The molecule has 5 nitrogen and oxygen atoms in total. The fraction of sp³-hybridized carbons (Fsp3) is 0.429. The lowest BCUT2D eigenvalue weighted by Gasteiger charge is -2.24. The van der Waals surface area contributed by atoms with Crippen molar-refractivity contribution < 1.29 is 9.59 Å². The number of benzene rings is 1. The first-order chi connectivity index (χ1) is 12.4. The molecule has 2 aromatic rings. The summed E-state index contributed by atoms with van der Waals surface area (Å²) in [6.45, 7) is 9.19. The van der Waals surface area contributed by atoms with Gasteiger partial charge in [0, 0.05) is 36.4 Å². The number of likely N-dealkylation sites (tertiary alicyclic amines) is 1. The van der Waals surface area contributed by atoms with Crippen LogP contribution in [-0.2, 0) is 0 Å². The van der Waals surface area contributed by atoms with Crippen LogP contribution in [0.25, 0.3) is 0 Å². The van der Waals surface area contributed by atoms with E-state index in [-0.39, 0.29) is 17.7 Å². The van der Waals surface area contributed by atoms with Crippen LogP contribution in [0.1, 0.15) is 64.0 Å². The van der Waals surface area contributed by atoms with Crippen LogP contribution in [0.2, 0.25) is 0 Å². The summed E-state index contributed by atoms with van der Waals surface area (Å²) in [5.74, 6) is -0.142. The molecule has 2 N–H and O–H groups in total. The fourth-order valence-electron chi connectivity index (χ4n) is 3.96. The van der Waals surface area contributed by atoms with Gasteiger partial charge in [-0.25, -0.2) is 0 Å². The van der Waals surface area contributed by atoms with E-state index in [9.17, 15) is 9.59 Å². The van der Waals surface area contributed by atoms with Gasteiger partial charge in [0.2, 0.25) is 0 Å². The summed E-state index contributed by atoms with van der Waals surface area (Å²) in [4.78, 5) is 29.9. The van der Waals surface area contributed by atoms with E-state index in [1.165, 1.54) is 12.5 Å². The number of rotatable bonds is 5. The zero-order chi connectivity index (χ0) is 18.8. The van der Waals surface area contributed by atoms with Crippen LogP contribution in [0.15, 0.2) is 30.3 Å². The van der Waals surface area contributed by atoms with E-state index < -0.39 is 0 Å². The third-order valence-electron chi connectivity index (χ3n) is 5.40. The number of aromatic amines is 1. The second kappa shape index (κ2) is 7.46. The molecule has 1 aromatic carbocycles. The fourth-order valence-corrected chi connectivity index (χ4v) is 3.96. The van der Waals surface area contributed by atoms with E-state index in [1.807, 2.05) is 19.9 Å². The van der Waals surface area contributed by atoms with Crippen molar-refractivity contribution in [3.63, 3.8) is 0 Å². The molecule has 0 aliphatic carbocycles. The van der Waals surface area contributed by atoms with Gasteiger partial charge in [-0.2, -0.15) is 0 Å². The first-order valence-corrected chi connectivity index (χ1v) is 9.18. The highest BCUT2D eigenvalue weighted by Crippen LogP contribution is 2.25. The molecule has 0 spiro atoms. The van der Waals surface area contributed by atoms with Crippen molar-refractivity contribution in [3.8, 4) is 0 Å². The smallest absolute Gasteiger partial charge is 0.268 e. The first kappa shape index (κ1) is 18.4. The minimum atomic E-state index is -0.127. The number of aromatic nitrogens is 1. The van der Waals surface area contributed by atoms with Gasteiger partial charge in [0.1, 0.15) is 5.69 Å². The van der Waals surface area contributed by atoms with Crippen LogP contribution < -0.4 is 5.32 Å². The Hall–Kier alpha value is -2.40. The van der Waals surface area contributed by atoms with Crippen molar-refractivity contribution in [1.82, 2.24) is 15.2 Å². The lowest BCUT2D eigenvalue weighted by atomic mass is 10.1. The molecule has 3 rings (SSSR count). The average molecular weight is 353 g/mol. The third kappa shape index (κ3) is 3.58. The summed E-state index contributed by atoms with van der Waals surface area (Å²) in [6, 6.07) is 10.9. The lowest BCUT2D eigenvalue weighted by molar-refractivity contribution is 0.0931. The van der Waals surface area contributed by atoms with Gasteiger partial charge in [-0.1, -0.05) is 30.3 Å². The molecule has 1 saturated heterocycles. The molecule has 26 heavy (non-hydrogen) atoms. The summed E-state index contributed by atoms with van der Waals surface area (Å²) in [6.07, 6.45) is 0.932. The van der Waals surface area contributed by atoms with Crippen LogP contribution in [0.3, 0.4) is 0 Å². The van der Waals surface area contributed by atoms with Crippen LogP contribution in [-0.4, -0.2) is 40.7 Å². The topological polar surface area (TPSA) is 65.2 Å². The second-order valence-electron chi connectivity index (χ2n) is 7.22. The number of hydrogen-bond acceptors (Lipinski definition) is 3. The normalized spacial score (nSPS) is 18.7. The molecule has 1 aliphatic heterocycles. The van der Waals surface area contributed by atoms with Gasteiger partial charge >= 0.3 is 0 Å². The number of nitrogens with zero attached hydrogens (tertiary/aromatic N) is 1. The number of H-pyrrole nitrogens is 1. The quantitative estimate of drug-likeness (QED) is 0.810. The molecule has 2 unspecified atom stereocenters. The number of amides is 1. The predicted molar refractivity (Wildman–Crippen MR) is 103 cm³/mol. The number of carbonyl (C=O) groups excluding carboxylic acids is 2. The molecule has 0 radical (unpaired) electrons. The maximum absolute atomic E-state index is 12.7. The number of Topliss-reactive ketones (excluding diaryl/α,β-unsaturated/α-hetero) is 1. The number of hydrogen-bond donors (Lipinski definition) is 2. The molecular weight excluding hydrogens is 326 g/mol. The second-order valence-corrected chi connectivity index (χ2v) is 7.22. The molecule has 2 atom stereocenters. The predicted octanol–water partition coefficient (Wildman–Crippen LogP) is 3.40. The SMILES string of the molecule is CC(=O)c1c(C)[nH]c(C(=O)NC2CCN(C(C)c3ccccc3)C2)c1C. The molecule has 1 fully saturated rings. The number of carbonyl (C=O) groups is 2. The van der Waals surface area contributed by atoms with Crippen molar-refractivity contribution in [3.05, 3.63) is 58.4 Å². The van der Waals surface area contributed by atoms with Crippen molar-refractivity contribution in [2.45, 2.75) is 46.2 Å². The number of nitrogens with one attached hydrogen (secondary N) is 2. The molecular formula is C21H27N3O2. The van der Waals surface area contributed by atoms with Gasteiger partial charge in [0.05, 0.1) is 0 Å². The van der Waals surface area contributed by atoms with E-state index in [0.29, 0.717) is 17.3 Å². The van der Waals surface area contributed by atoms with Crippen LogP contribution in [0, 0.1) is 13.8 Å². The van der Waals surface area contributed by atoms with Crippen LogP contribution >= 0.6 is 0 Å². The third-order valence-corrected chi connectivity index (χ3v) is 5.40. The summed E-state index contributed by atoms with van der Waals surface area (Å²) in [5, 5.41) is 3.13. The Bertz CT molecular complexity index is 810. The Morgan fingerprint density at radius 1 is 1.23 bits per heavy atom. The van der Waals surface area contributed by atoms with Gasteiger partial charge in [-0.3, -0.25) is 14.5 Å². The van der Waals surface area contributed by atoms with Gasteiger partial charge in [0.25, 0.3) is 5.91 Å². The number of ketones is 1. The van der Waals surface area contributed by atoms with Crippen LogP contribution in [0.5, 0.6) is 0 Å². The molecule has 1 amide bonds. The van der Waals surface area contributed by atoms with Crippen molar-refractivity contribution in [1.29, 1.82) is 0 Å². The van der Waals surface area contributed by atoms with E-state index in [0.717, 1.165) is 30.8 Å². The van der Waals surface area contributed by atoms with Crippen molar-refractivity contribution >= 4 is 11.7 Å². The highest BCUT2D eigenvalue weighted by molar-refractivity contribution is 6.02. The summed E-state index contributed by atoms with van der Waals surface area (Å²) < 4.78 is 0. The Morgan fingerprint density at radius 2 is 1.92 bits per heavy atom. The van der Waals surface area contributed by atoms with Gasteiger partial charge in [-0.15, -0.1) is 0 Å². The molecule has 0 bridgehead atoms. The monoisotopic (exact) mass is 353 g/mol. The van der Waals surface area contributed by atoms with Crippen molar-refractivity contribution in [2.24, 2.45) is 0 Å². The maximum Gasteiger partial charge on any atom is 0.268 e. The zero-order valence-corrected chi connectivity index (χ0v) is 15.9. The Balaban J connectivity index is 1.65. The van der Waals surface area contributed by atoms with Crippen molar-refractivity contribution in [2.75, 3.05) is 13.1 Å². The van der Waals surface area contributed by atoms with E-state index in [2.05, 4.69) is 46.4 Å². The highest BCUT2D eigenvalue weighted by atomic mass is 16.2. The standard InChI is InChI=1S/C21H27N3O2/c1-13-19(16(4)25)14(2)22-20(13)21(26)23-18-10-11-24(12-18)15(3)17-8-6-5-7-9-17/h5-9,15,18,22H,10-12H2,1-4H3,(H,23,26). The Morgan fingerprint density at radius 3 is 2.54 bits per heavy atom. The largest absolute Gasteiger partial charge is 0.354 e. The first-order valence-electron chi connectivity index (χ1n) is 9.18. The van der Waals surface area contributed by atoms with Gasteiger partial charge < -0.3 is 10.3 Å². The van der Waals surface area contributed by atoms with E-state index in [1.54, 1.807) is 0 Å². The average Bonchev–Trinajstić information content (AvgIpc) is 3.19. The molecule has 5 heteroatoms. The molecule has 2 heterocycles. The van der Waals surface area contributed by atoms with E-state index in [4.69, 9.17) is 0 Å². The van der Waals surface area contributed by atoms with Gasteiger partial charge in [-0.05, 0) is 45.2 Å². The number of aryl methyl sites for hydroxylation is 1. The summed E-state index contributed by atoms with van der Waals surface area (Å²) >= 11 is 0. The minimum Gasteiger partial charge on any atom is -0.354 e. The van der Waals surface area contributed by atoms with E-state index >= 15 is 0 Å². The summed E-state index contributed by atoms with van der Waals surface area (Å²) in [5.41, 5.74) is 3.91. The Labute approximate surface area is 154 Å².